The number of halogens is 3. The SMILES string of the molecule is O=S(=O)(F)CC(F)(F)C1CCOCC1. The summed E-state index contributed by atoms with van der Waals surface area (Å²) in [6.45, 7) is 0.346. The molecular formula is C7H11F3O3S. The van der Waals surface area contributed by atoms with Gasteiger partial charge in [-0.3, -0.25) is 0 Å². The van der Waals surface area contributed by atoms with Crippen LogP contribution in [0.5, 0.6) is 0 Å². The lowest BCUT2D eigenvalue weighted by Crippen LogP contribution is -2.38. The van der Waals surface area contributed by atoms with Crippen molar-refractivity contribution in [2.24, 2.45) is 5.92 Å². The fourth-order valence-electron chi connectivity index (χ4n) is 1.47. The van der Waals surface area contributed by atoms with Crippen molar-refractivity contribution >= 4 is 10.2 Å². The van der Waals surface area contributed by atoms with Crippen LogP contribution in [0.15, 0.2) is 0 Å². The Morgan fingerprint density at radius 2 is 1.79 bits per heavy atom. The van der Waals surface area contributed by atoms with Gasteiger partial charge in [0.05, 0.1) is 0 Å². The highest BCUT2D eigenvalue weighted by Gasteiger charge is 2.44. The normalized spacial score (nSPS) is 21.1. The molecule has 0 aromatic carbocycles. The fraction of sp³-hybridized carbons (Fsp3) is 1.00. The van der Waals surface area contributed by atoms with Gasteiger partial charge in [-0.15, -0.1) is 3.89 Å². The van der Waals surface area contributed by atoms with E-state index in [0.717, 1.165) is 0 Å². The van der Waals surface area contributed by atoms with Crippen molar-refractivity contribution in [3.8, 4) is 0 Å². The van der Waals surface area contributed by atoms with Gasteiger partial charge < -0.3 is 4.74 Å². The molecule has 7 heteroatoms. The highest BCUT2D eigenvalue weighted by molar-refractivity contribution is 7.86. The minimum Gasteiger partial charge on any atom is -0.381 e. The lowest BCUT2D eigenvalue weighted by atomic mass is 9.94. The van der Waals surface area contributed by atoms with E-state index < -0.39 is 27.8 Å². The maximum atomic E-state index is 13.1. The Bertz CT molecular complexity index is 283. The van der Waals surface area contributed by atoms with Gasteiger partial charge in [0.15, 0.2) is 0 Å². The smallest absolute Gasteiger partial charge is 0.308 e. The van der Waals surface area contributed by atoms with E-state index in [2.05, 4.69) is 0 Å². The summed E-state index contributed by atoms with van der Waals surface area (Å²) in [5, 5.41) is 0. The number of alkyl halides is 2. The monoisotopic (exact) mass is 232 g/mol. The van der Waals surface area contributed by atoms with E-state index in [4.69, 9.17) is 4.74 Å². The molecule has 0 aromatic heterocycles. The van der Waals surface area contributed by atoms with Crippen molar-refractivity contribution in [3.63, 3.8) is 0 Å². The third-order valence-electron chi connectivity index (χ3n) is 2.18. The summed E-state index contributed by atoms with van der Waals surface area (Å²) in [4.78, 5) is 0. The van der Waals surface area contributed by atoms with Crippen molar-refractivity contribution in [2.45, 2.75) is 18.8 Å². The first kappa shape index (κ1) is 11.8. The first-order valence-corrected chi connectivity index (χ1v) is 5.74. The molecule has 0 aromatic rings. The minimum atomic E-state index is -5.12. The second kappa shape index (κ2) is 4.06. The predicted molar refractivity (Wildman–Crippen MR) is 43.4 cm³/mol. The molecule has 1 rings (SSSR count). The van der Waals surface area contributed by atoms with E-state index in [-0.39, 0.29) is 26.1 Å². The van der Waals surface area contributed by atoms with Crippen molar-refractivity contribution in [3.05, 3.63) is 0 Å². The molecule has 1 saturated heterocycles. The van der Waals surface area contributed by atoms with Crippen LogP contribution < -0.4 is 0 Å². The Morgan fingerprint density at radius 3 is 2.21 bits per heavy atom. The molecular weight excluding hydrogens is 221 g/mol. The van der Waals surface area contributed by atoms with Gasteiger partial charge in [-0.05, 0) is 12.8 Å². The molecule has 3 nitrogen and oxygen atoms in total. The van der Waals surface area contributed by atoms with Gasteiger partial charge in [0.1, 0.15) is 5.75 Å². The summed E-state index contributed by atoms with van der Waals surface area (Å²) < 4.78 is 63.4. The van der Waals surface area contributed by atoms with Crippen LogP contribution in [0.1, 0.15) is 12.8 Å². The molecule has 0 aliphatic carbocycles. The van der Waals surface area contributed by atoms with Crippen molar-refractivity contribution in [1.82, 2.24) is 0 Å². The van der Waals surface area contributed by atoms with Crippen LogP contribution in [0.3, 0.4) is 0 Å². The number of rotatable bonds is 3. The number of hydrogen-bond donors (Lipinski definition) is 0. The van der Waals surface area contributed by atoms with E-state index in [9.17, 15) is 21.1 Å². The van der Waals surface area contributed by atoms with Gasteiger partial charge in [0, 0.05) is 19.1 Å². The molecule has 0 bridgehead atoms. The second-order valence-corrected chi connectivity index (χ2v) is 4.70. The molecule has 1 heterocycles. The molecule has 14 heavy (non-hydrogen) atoms. The largest absolute Gasteiger partial charge is 0.381 e. The van der Waals surface area contributed by atoms with Crippen LogP contribution >= 0.6 is 0 Å². The number of hydrogen-bond acceptors (Lipinski definition) is 3. The Balaban J connectivity index is 2.63. The summed E-state index contributed by atoms with van der Waals surface area (Å²) in [7, 11) is -5.12. The zero-order valence-corrected chi connectivity index (χ0v) is 8.20. The van der Waals surface area contributed by atoms with Gasteiger partial charge in [-0.25, -0.2) is 8.78 Å². The van der Waals surface area contributed by atoms with Crippen LogP contribution in [-0.2, 0) is 15.0 Å². The zero-order valence-electron chi connectivity index (χ0n) is 7.38. The van der Waals surface area contributed by atoms with Gasteiger partial charge in [0.2, 0.25) is 0 Å². The molecule has 1 fully saturated rings. The topological polar surface area (TPSA) is 43.4 Å². The Kier molecular flexibility index (Phi) is 3.41. The van der Waals surface area contributed by atoms with Crippen molar-refractivity contribution in [1.29, 1.82) is 0 Å². The van der Waals surface area contributed by atoms with Crippen LogP contribution in [0.2, 0.25) is 0 Å². The third kappa shape index (κ3) is 3.45. The summed E-state index contributed by atoms with van der Waals surface area (Å²) in [6, 6.07) is 0. The molecule has 0 N–H and O–H groups in total. The molecule has 0 spiro atoms. The van der Waals surface area contributed by atoms with Gasteiger partial charge in [-0.2, -0.15) is 8.42 Å². The summed E-state index contributed by atoms with van der Waals surface area (Å²) in [6.07, 6.45) is 0.144. The van der Waals surface area contributed by atoms with Crippen molar-refractivity contribution in [2.75, 3.05) is 19.0 Å². The minimum absolute atomic E-state index is 0.0719. The predicted octanol–water partition coefficient (Wildman–Crippen LogP) is 1.35. The average Bonchev–Trinajstić information content (AvgIpc) is 2.01. The van der Waals surface area contributed by atoms with E-state index in [1.807, 2.05) is 0 Å². The van der Waals surface area contributed by atoms with Gasteiger partial charge >= 0.3 is 10.2 Å². The molecule has 0 atom stereocenters. The molecule has 0 amide bonds. The van der Waals surface area contributed by atoms with Crippen molar-refractivity contribution < 1.29 is 25.8 Å². The van der Waals surface area contributed by atoms with Gasteiger partial charge in [-0.1, -0.05) is 0 Å². The maximum Gasteiger partial charge on any atom is 0.308 e. The first-order chi connectivity index (χ1) is 6.31. The third-order valence-corrected chi connectivity index (χ3v) is 2.91. The summed E-state index contributed by atoms with van der Waals surface area (Å²) >= 11 is 0. The first-order valence-electron chi connectivity index (χ1n) is 4.19. The Hall–Kier alpha value is -0.300. The van der Waals surface area contributed by atoms with E-state index in [1.165, 1.54) is 0 Å². The zero-order chi connectivity index (χ0) is 10.8. The quantitative estimate of drug-likeness (QED) is 0.690. The highest BCUT2D eigenvalue weighted by Crippen LogP contribution is 2.33. The molecule has 0 saturated carbocycles. The fourth-order valence-corrected chi connectivity index (χ4v) is 2.16. The van der Waals surface area contributed by atoms with Crippen LogP contribution in [0.4, 0.5) is 12.7 Å². The average molecular weight is 232 g/mol. The number of ether oxygens (including phenoxy) is 1. The van der Waals surface area contributed by atoms with E-state index >= 15 is 0 Å². The summed E-state index contributed by atoms with van der Waals surface area (Å²) in [5.74, 6) is -6.30. The molecule has 1 aliphatic rings. The van der Waals surface area contributed by atoms with E-state index in [1.54, 1.807) is 0 Å². The van der Waals surface area contributed by atoms with E-state index in [0.29, 0.717) is 0 Å². The molecule has 0 radical (unpaired) electrons. The van der Waals surface area contributed by atoms with Gasteiger partial charge in [0.25, 0.3) is 5.92 Å². The lowest BCUT2D eigenvalue weighted by molar-refractivity contribution is -0.0794. The maximum absolute atomic E-state index is 13.1. The summed E-state index contributed by atoms with van der Waals surface area (Å²) in [5.41, 5.74) is 0. The second-order valence-electron chi connectivity index (χ2n) is 3.33. The van der Waals surface area contributed by atoms with Crippen LogP contribution in [-0.4, -0.2) is 33.3 Å². The Morgan fingerprint density at radius 1 is 1.29 bits per heavy atom. The van der Waals surface area contributed by atoms with Crippen LogP contribution in [0, 0.1) is 5.92 Å². The Labute approximate surface area is 80.5 Å². The van der Waals surface area contributed by atoms with Crippen LogP contribution in [0.25, 0.3) is 0 Å². The highest BCUT2D eigenvalue weighted by atomic mass is 32.3. The molecule has 1 aliphatic heterocycles. The molecule has 0 unspecified atom stereocenters. The standard InChI is InChI=1S/C7H11F3O3S/c8-7(9,5-14(10,11)12)6-1-3-13-4-2-6/h6H,1-5H2. The molecule has 84 valence electrons. The lowest BCUT2D eigenvalue weighted by Gasteiger charge is -2.28.